The van der Waals surface area contributed by atoms with Gasteiger partial charge in [0.15, 0.2) is 0 Å². The van der Waals surface area contributed by atoms with Crippen LogP contribution in [0.25, 0.3) is 22.6 Å². The molecule has 7 nitrogen and oxygen atoms in total. The van der Waals surface area contributed by atoms with E-state index in [0.29, 0.717) is 30.5 Å². The minimum atomic E-state index is -0.0308. The number of nitrogen functional groups attached to an aromatic ring is 1. The van der Waals surface area contributed by atoms with Crippen molar-refractivity contribution in [1.82, 2.24) is 14.5 Å². The van der Waals surface area contributed by atoms with Crippen LogP contribution in [0.5, 0.6) is 5.75 Å². The first-order valence-electron chi connectivity index (χ1n) is 8.76. The van der Waals surface area contributed by atoms with Gasteiger partial charge < -0.3 is 15.0 Å². The van der Waals surface area contributed by atoms with Gasteiger partial charge in [-0.05, 0) is 31.2 Å². The van der Waals surface area contributed by atoms with Gasteiger partial charge in [0.2, 0.25) is 11.9 Å². The van der Waals surface area contributed by atoms with E-state index in [9.17, 15) is 4.79 Å². The van der Waals surface area contributed by atoms with Crippen LogP contribution in [0.3, 0.4) is 0 Å². The highest BCUT2D eigenvalue weighted by molar-refractivity contribution is 5.94. The van der Waals surface area contributed by atoms with Gasteiger partial charge in [-0.25, -0.2) is 4.98 Å². The smallest absolute Gasteiger partial charge is 0.226 e. The Morgan fingerprint density at radius 1 is 1.19 bits per heavy atom. The van der Waals surface area contributed by atoms with Gasteiger partial charge in [0, 0.05) is 43.0 Å². The molecule has 1 aliphatic heterocycles. The number of benzene rings is 1. The van der Waals surface area contributed by atoms with Crippen molar-refractivity contribution in [2.75, 3.05) is 24.3 Å². The fourth-order valence-electron chi connectivity index (χ4n) is 3.47. The third-order valence-electron chi connectivity index (χ3n) is 4.76. The molecule has 0 aliphatic carbocycles. The van der Waals surface area contributed by atoms with Crippen molar-refractivity contribution in [3.63, 3.8) is 0 Å². The van der Waals surface area contributed by atoms with Crippen LogP contribution in [-0.4, -0.2) is 34.1 Å². The Morgan fingerprint density at radius 3 is 2.67 bits per heavy atom. The highest BCUT2D eigenvalue weighted by atomic mass is 16.5. The second-order valence-electron chi connectivity index (χ2n) is 6.55. The van der Waals surface area contributed by atoms with E-state index in [0.717, 1.165) is 28.3 Å². The molecule has 0 unspecified atom stereocenters. The predicted molar refractivity (Wildman–Crippen MR) is 105 cm³/mol. The van der Waals surface area contributed by atoms with Crippen molar-refractivity contribution >= 4 is 17.5 Å². The van der Waals surface area contributed by atoms with Crippen LogP contribution in [0.2, 0.25) is 0 Å². The number of pyridine rings is 1. The fraction of sp³-hybridized carbons (Fsp3) is 0.250. The molecule has 0 saturated carbocycles. The first kappa shape index (κ1) is 17.1. The number of amides is 1. The number of methoxy groups -OCH3 is 1. The maximum Gasteiger partial charge on any atom is 0.226 e. The van der Waals surface area contributed by atoms with Crippen LogP contribution in [0.1, 0.15) is 12.6 Å². The molecule has 3 heterocycles. The van der Waals surface area contributed by atoms with Gasteiger partial charge >= 0.3 is 0 Å². The highest BCUT2D eigenvalue weighted by Gasteiger charge is 2.31. The molecular formula is C20H21N5O2. The molecule has 0 radical (unpaired) electrons. The van der Waals surface area contributed by atoms with Crippen molar-refractivity contribution in [2.45, 2.75) is 20.4 Å². The molecule has 3 aromatic rings. The number of aromatic nitrogens is 3. The van der Waals surface area contributed by atoms with Gasteiger partial charge in [0.25, 0.3) is 0 Å². The lowest BCUT2D eigenvalue weighted by Crippen LogP contribution is -2.26. The summed E-state index contributed by atoms with van der Waals surface area (Å²) in [4.78, 5) is 23.1. The number of ether oxygens (including phenoxy) is 1. The van der Waals surface area contributed by atoms with Crippen LogP contribution in [-0.2, 0) is 11.3 Å². The van der Waals surface area contributed by atoms with E-state index in [4.69, 9.17) is 15.5 Å². The van der Waals surface area contributed by atoms with Gasteiger partial charge in [-0.3, -0.25) is 14.7 Å². The lowest BCUT2D eigenvalue weighted by molar-refractivity contribution is -0.116. The first-order chi connectivity index (χ1) is 13.0. The summed E-state index contributed by atoms with van der Waals surface area (Å²) in [5.74, 6) is 1.29. The van der Waals surface area contributed by atoms with E-state index in [2.05, 4.69) is 4.98 Å². The maximum absolute atomic E-state index is 12.0. The fourth-order valence-corrected chi connectivity index (χ4v) is 3.47. The summed E-state index contributed by atoms with van der Waals surface area (Å²) in [6.07, 6.45) is 0. The summed E-state index contributed by atoms with van der Waals surface area (Å²) in [5.41, 5.74) is 11.0. The maximum atomic E-state index is 12.0. The molecule has 2 aromatic heterocycles. The number of carbonyl (C=O) groups excluding carboxylic acids is 1. The third-order valence-corrected chi connectivity index (χ3v) is 4.76. The van der Waals surface area contributed by atoms with E-state index < -0.39 is 0 Å². The van der Waals surface area contributed by atoms with Gasteiger partial charge in [-0.1, -0.05) is 6.07 Å². The number of nitrogens with zero attached hydrogens (tertiary/aromatic N) is 4. The number of carbonyl (C=O) groups is 1. The van der Waals surface area contributed by atoms with Gasteiger partial charge in [0.1, 0.15) is 11.4 Å². The zero-order valence-electron chi connectivity index (χ0n) is 15.6. The number of fused-ring (bicyclic) bond motifs is 1. The molecule has 0 spiro atoms. The number of hydrogen-bond acceptors (Lipinski definition) is 5. The molecule has 7 heteroatoms. The van der Waals surface area contributed by atoms with Gasteiger partial charge in [0.05, 0.1) is 18.5 Å². The predicted octanol–water partition coefficient (Wildman–Crippen LogP) is 2.88. The summed E-state index contributed by atoms with van der Waals surface area (Å²) >= 11 is 0. The average molecular weight is 363 g/mol. The minimum absolute atomic E-state index is 0.0308. The molecule has 1 aliphatic rings. The Morgan fingerprint density at radius 2 is 2.00 bits per heavy atom. The second kappa shape index (κ2) is 6.42. The molecule has 0 saturated heterocycles. The summed E-state index contributed by atoms with van der Waals surface area (Å²) in [6.45, 7) is 4.75. The second-order valence-corrected chi connectivity index (χ2v) is 6.55. The van der Waals surface area contributed by atoms with Crippen molar-refractivity contribution in [2.24, 2.45) is 0 Å². The largest absolute Gasteiger partial charge is 0.497 e. The molecule has 0 fully saturated rings. The van der Waals surface area contributed by atoms with Crippen molar-refractivity contribution < 1.29 is 9.53 Å². The lowest BCUT2D eigenvalue weighted by atomic mass is 10.1. The number of rotatable bonds is 3. The van der Waals surface area contributed by atoms with Crippen molar-refractivity contribution in [3.05, 3.63) is 42.1 Å². The normalized spacial score (nSPS) is 12.9. The Labute approximate surface area is 157 Å². The molecule has 138 valence electrons. The first-order valence-corrected chi connectivity index (χ1v) is 8.76. The number of anilines is 2. The standard InChI is InChI=1S/C20H21N5O2/c1-12-5-4-6-17(22-12)18-19(15-8-7-14(27-3)11-16(15)21)25-10-9-24(13(2)26)20(25)23-18/h4-8,11H,9-10,21H2,1-3H3. The summed E-state index contributed by atoms with van der Waals surface area (Å²) in [5, 5.41) is 0. The van der Waals surface area contributed by atoms with Crippen LogP contribution < -0.4 is 15.4 Å². The molecule has 27 heavy (non-hydrogen) atoms. The van der Waals surface area contributed by atoms with Crippen LogP contribution >= 0.6 is 0 Å². The molecule has 4 rings (SSSR count). The summed E-state index contributed by atoms with van der Waals surface area (Å²) < 4.78 is 7.31. The van der Waals surface area contributed by atoms with E-state index in [1.165, 1.54) is 0 Å². The molecule has 1 amide bonds. The summed E-state index contributed by atoms with van der Waals surface area (Å²) in [6, 6.07) is 11.4. The van der Waals surface area contributed by atoms with Gasteiger partial charge in [-0.2, -0.15) is 0 Å². The van der Waals surface area contributed by atoms with E-state index in [-0.39, 0.29) is 5.91 Å². The summed E-state index contributed by atoms with van der Waals surface area (Å²) in [7, 11) is 1.61. The molecule has 2 N–H and O–H groups in total. The topological polar surface area (TPSA) is 86.3 Å². The number of nitrogens with two attached hydrogens (primary N) is 1. The quantitative estimate of drug-likeness (QED) is 0.723. The lowest BCUT2D eigenvalue weighted by Gasteiger charge is -2.11. The SMILES string of the molecule is COc1ccc(-c2c(-c3cccc(C)n3)nc3n2CCN3C(C)=O)c(N)c1. The molecular weight excluding hydrogens is 342 g/mol. The zero-order valence-corrected chi connectivity index (χ0v) is 15.6. The van der Waals surface area contributed by atoms with E-state index in [1.807, 2.05) is 41.8 Å². The number of hydrogen-bond donors (Lipinski definition) is 1. The Bertz CT molecular complexity index is 1040. The van der Waals surface area contributed by atoms with Crippen LogP contribution in [0.15, 0.2) is 36.4 Å². The Hall–Kier alpha value is -3.35. The molecule has 0 bridgehead atoms. The van der Waals surface area contributed by atoms with Crippen molar-refractivity contribution in [1.29, 1.82) is 0 Å². The van der Waals surface area contributed by atoms with Crippen LogP contribution in [0.4, 0.5) is 11.6 Å². The van der Waals surface area contributed by atoms with Crippen LogP contribution in [0, 0.1) is 6.92 Å². The number of aryl methyl sites for hydroxylation is 1. The Kier molecular flexibility index (Phi) is 4.07. The van der Waals surface area contributed by atoms with Crippen molar-refractivity contribution in [3.8, 4) is 28.4 Å². The highest BCUT2D eigenvalue weighted by Crippen LogP contribution is 2.40. The Balaban J connectivity index is 1.97. The third kappa shape index (κ3) is 2.81. The molecule has 0 atom stereocenters. The average Bonchev–Trinajstić information content (AvgIpc) is 3.21. The molecule has 1 aromatic carbocycles. The number of imidazole rings is 1. The zero-order chi connectivity index (χ0) is 19.1. The monoisotopic (exact) mass is 363 g/mol. The van der Waals surface area contributed by atoms with E-state index >= 15 is 0 Å². The minimum Gasteiger partial charge on any atom is -0.497 e. The van der Waals surface area contributed by atoms with E-state index in [1.54, 1.807) is 25.0 Å². The van der Waals surface area contributed by atoms with Gasteiger partial charge in [-0.15, -0.1) is 0 Å².